The van der Waals surface area contributed by atoms with Gasteiger partial charge in [0.25, 0.3) is 0 Å². The molecule has 0 bridgehead atoms. The average molecular weight is 280 g/mol. The van der Waals surface area contributed by atoms with Gasteiger partial charge < -0.3 is 10.3 Å². The van der Waals surface area contributed by atoms with E-state index >= 15 is 0 Å². The summed E-state index contributed by atoms with van der Waals surface area (Å²) in [5.41, 5.74) is 7.19. The summed E-state index contributed by atoms with van der Waals surface area (Å²) in [6.45, 7) is 2.04. The van der Waals surface area contributed by atoms with Crippen molar-refractivity contribution in [1.82, 2.24) is 14.8 Å². The minimum Gasteiger partial charge on any atom is -0.326 e. The van der Waals surface area contributed by atoms with Crippen molar-refractivity contribution in [2.24, 2.45) is 12.8 Å². The van der Waals surface area contributed by atoms with E-state index in [1.807, 2.05) is 18.5 Å². The van der Waals surface area contributed by atoms with Crippen LogP contribution in [0.25, 0.3) is 0 Å². The second-order valence-corrected chi connectivity index (χ2v) is 5.50. The molecule has 0 saturated carbocycles. The summed E-state index contributed by atoms with van der Waals surface area (Å²) >= 11 is 1.56. The molecule has 0 aliphatic rings. The summed E-state index contributed by atoms with van der Waals surface area (Å²) in [5, 5.41) is 8.76. The van der Waals surface area contributed by atoms with Crippen LogP contribution in [0.2, 0.25) is 0 Å². The molecule has 1 aromatic heterocycles. The molecule has 1 aromatic carbocycles. The van der Waals surface area contributed by atoms with Crippen molar-refractivity contribution >= 4 is 11.8 Å². The van der Waals surface area contributed by atoms with E-state index in [9.17, 15) is 4.39 Å². The fourth-order valence-corrected chi connectivity index (χ4v) is 2.96. The van der Waals surface area contributed by atoms with Gasteiger partial charge in [-0.15, -0.1) is 10.2 Å². The number of hydrogen-bond acceptors (Lipinski definition) is 4. The van der Waals surface area contributed by atoms with Gasteiger partial charge in [0.15, 0.2) is 5.16 Å². The first kappa shape index (κ1) is 14.0. The fraction of sp³-hybridized carbons (Fsp3) is 0.385. The third-order valence-corrected chi connectivity index (χ3v) is 4.42. The third kappa shape index (κ3) is 3.33. The van der Waals surface area contributed by atoms with Crippen LogP contribution >= 0.6 is 11.8 Å². The number of nitrogens with zero attached hydrogens (tertiary/aromatic N) is 3. The molecule has 0 spiro atoms. The van der Waals surface area contributed by atoms with Gasteiger partial charge in [-0.1, -0.05) is 30.8 Å². The molecule has 19 heavy (non-hydrogen) atoms. The van der Waals surface area contributed by atoms with Crippen molar-refractivity contribution in [3.8, 4) is 0 Å². The van der Waals surface area contributed by atoms with Gasteiger partial charge in [-0.3, -0.25) is 0 Å². The van der Waals surface area contributed by atoms with Crippen LogP contribution in [0, 0.1) is 5.82 Å². The highest BCUT2D eigenvalue weighted by Gasteiger charge is 2.22. The van der Waals surface area contributed by atoms with Crippen LogP contribution in [-0.4, -0.2) is 20.8 Å². The molecule has 0 saturated heterocycles. The lowest BCUT2D eigenvalue weighted by Crippen LogP contribution is -2.26. The van der Waals surface area contributed by atoms with Gasteiger partial charge in [0.05, 0.1) is 5.25 Å². The Morgan fingerprint density at radius 3 is 2.58 bits per heavy atom. The summed E-state index contributed by atoms with van der Waals surface area (Å²) in [6, 6.07) is 6.45. The van der Waals surface area contributed by atoms with E-state index in [2.05, 4.69) is 10.2 Å². The lowest BCUT2D eigenvalue weighted by molar-refractivity contribution is 0.616. The van der Waals surface area contributed by atoms with Crippen LogP contribution in [0.4, 0.5) is 4.39 Å². The van der Waals surface area contributed by atoms with Gasteiger partial charge in [0.2, 0.25) is 0 Å². The molecule has 2 N–H and O–H groups in total. The maximum Gasteiger partial charge on any atom is 0.191 e. The molecule has 2 unspecified atom stereocenters. The minimum absolute atomic E-state index is 0.0211. The van der Waals surface area contributed by atoms with Crippen LogP contribution in [0.1, 0.15) is 24.2 Å². The Labute approximate surface area is 116 Å². The molecular weight excluding hydrogens is 263 g/mol. The maximum atomic E-state index is 13.0. The monoisotopic (exact) mass is 280 g/mol. The van der Waals surface area contributed by atoms with Gasteiger partial charge in [-0.2, -0.15) is 0 Å². The molecule has 0 fully saturated rings. The van der Waals surface area contributed by atoms with E-state index in [0.717, 1.165) is 17.1 Å². The Morgan fingerprint density at radius 2 is 2.05 bits per heavy atom. The van der Waals surface area contributed by atoms with E-state index < -0.39 is 0 Å². The first-order valence-corrected chi connectivity index (χ1v) is 7.01. The molecular formula is C13H17FN4S. The molecule has 1 heterocycles. The zero-order chi connectivity index (χ0) is 13.8. The summed E-state index contributed by atoms with van der Waals surface area (Å²) in [6.07, 6.45) is 2.49. The topological polar surface area (TPSA) is 56.7 Å². The summed E-state index contributed by atoms with van der Waals surface area (Å²) in [5.74, 6) is -0.240. The quantitative estimate of drug-likeness (QED) is 0.855. The predicted octanol–water partition coefficient (Wildman–Crippen LogP) is 2.52. The van der Waals surface area contributed by atoms with Crippen molar-refractivity contribution in [2.45, 2.75) is 29.8 Å². The molecule has 4 nitrogen and oxygen atoms in total. The largest absolute Gasteiger partial charge is 0.326 e. The Hall–Kier alpha value is -1.40. The maximum absolute atomic E-state index is 13.0. The van der Waals surface area contributed by atoms with E-state index in [4.69, 9.17) is 5.73 Å². The van der Waals surface area contributed by atoms with Gasteiger partial charge in [0.1, 0.15) is 12.1 Å². The Morgan fingerprint density at radius 1 is 1.37 bits per heavy atom. The Bertz CT molecular complexity index is 526. The molecule has 2 aromatic rings. The Kier molecular flexibility index (Phi) is 4.55. The highest BCUT2D eigenvalue weighted by atomic mass is 32.2. The summed E-state index contributed by atoms with van der Waals surface area (Å²) < 4.78 is 14.9. The van der Waals surface area contributed by atoms with Gasteiger partial charge >= 0.3 is 0 Å². The van der Waals surface area contributed by atoms with E-state index in [0.29, 0.717) is 0 Å². The predicted molar refractivity (Wildman–Crippen MR) is 74.3 cm³/mol. The average Bonchev–Trinajstić information content (AvgIpc) is 2.82. The number of aryl methyl sites for hydroxylation is 1. The second-order valence-electron chi connectivity index (χ2n) is 4.39. The van der Waals surface area contributed by atoms with Crippen molar-refractivity contribution in [3.05, 3.63) is 42.0 Å². The molecule has 0 amide bonds. The van der Waals surface area contributed by atoms with Crippen LogP contribution in [0.3, 0.4) is 0 Å². The molecule has 0 aliphatic heterocycles. The van der Waals surface area contributed by atoms with Crippen LogP contribution in [0.15, 0.2) is 35.7 Å². The number of benzene rings is 1. The number of hydrogen-bond donors (Lipinski definition) is 1. The van der Waals surface area contributed by atoms with Crippen LogP contribution in [0.5, 0.6) is 0 Å². The van der Waals surface area contributed by atoms with Crippen molar-refractivity contribution < 1.29 is 4.39 Å². The van der Waals surface area contributed by atoms with Gasteiger partial charge in [-0.25, -0.2) is 4.39 Å². The number of aromatic nitrogens is 3. The Balaban J connectivity index is 2.26. The standard InChI is InChI=1S/C13H17FN4S/c1-3-11(15)12(9-4-6-10(14)7-5-9)19-13-17-16-8-18(13)2/h4-8,11-12H,3,15H2,1-2H3. The van der Waals surface area contributed by atoms with Crippen LogP contribution in [-0.2, 0) is 7.05 Å². The SMILES string of the molecule is CCC(N)C(Sc1nncn1C)c1ccc(F)cc1. The third-order valence-electron chi connectivity index (χ3n) is 2.96. The number of thioether (sulfide) groups is 1. The zero-order valence-corrected chi connectivity index (χ0v) is 11.8. The van der Waals surface area contributed by atoms with Crippen LogP contribution < -0.4 is 5.73 Å². The summed E-state index contributed by atoms with van der Waals surface area (Å²) in [7, 11) is 1.89. The lowest BCUT2D eigenvalue weighted by Gasteiger charge is -2.22. The van der Waals surface area contributed by atoms with Gasteiger partial charge in [-0.05, 0) is 24.1 Å². The smallest absolute Gasteiger partial charge is 0.191 e. The molecule has 2 atom stereocenters. The normalized spacial score (nSPS) is 14.3. The molecule has 0 radical (unpaired) electrons. The van der Waals surface area contributed by atoms with Crippen molar-refractivity contribution in [3.63, 3.8) is 0 Å². The van der Waals surface area contributed by atoms with E-state index in [1.165, 1.54) is 12.1 Å². The number of nitrogens with two attached hydrogens (primary N) is 1. The summed E-state index contributed by atoms with van der Waals surface area (Å²) in [4.78, 5) is 0. The minimum atomic E-state index is -0.240. The number of halogens is 1. The molecule has 2 rings (SSSR count). The van der Waals surface area contributed by atoms with E-state index in [1.54, 1.807) is 30.2 Å². The highest BCUT2D eigenvalue weighted by Crippen LogP contribution is 2.36. The number of rotatable bonds is 5. The molecule has 0 aliphatic carbocycles. The molecule has 102 valence electrons. The first-order chi connectivity index (χ1) is 9.11. The first-order valence-electron chi connectivity index (χ1n) is 6.13. The van der Waals surface area contributed by atoms with E-state index in [-0.39, 0.29) is 17.1 Å². The van der Waals surface area contributed by atoms with Crippen molar-refractivity contribution in [2.75, 3.05) is 0 Å². The lowest BCUT2D eigenvalue weighted by atomic mass is 10.0. The zero-order valence-electron chi connectivity index (χ0n) is 11.0. The molecule has 6 heteroatoms. The van der Waals surface area contributed by atoms with Crippen molar-refractivity contribution in [1.29, 1.82) is 0 Å². The fourth-order valence-electron chi connectivity index (χ4n) is 1.76. The highest BCUT2D eigenvalue weighted by molar-refractivity contribution is 7.99. The van der Waals surface area contributed by atoms with Gasteiger partial charge in [0, 0.05) is 13.1 Å². The second kappa shape index (κ2) is 6.16.